The molecule has 0 fully saturated rings. The Kier molecular flexibility index (Phi) is 5.88. The van der Waals surface area contributed by atoms with Crippen molar-refractivity contribution in [3.63, 3.8) is 0 Å². The van der Waals surface area contributed by atoms with Crippen molar-refractivity contribution in [3.8, 4) is 28.4 Å². The molecule has 1 aromatic carbocycles. The monoisotopic (exact) mass is 468 g/mol. The van der Waals surface area contributed by atoms with Gasteiger partial charge in [-0.05, 0) is 67.9 Å². The fourth-order valence-electron chi connectivity index (χ4n) is 3.75. The molecule has 0 aliphatic carbocycles. The maximum Gasteiger partial charge on any atom is 0.257 e. The highest BCUT2D eigenvalue weighted by Gasteiger charge is 2.19. The van der Waals surface area contributed by atoms with E-state index in [1.807, 2.05) is 19.1 Å². The van der Waals surface area contributed by atoms with Gasteiger partial charge in [0.2, 0.25) is 5.88 Å². The van der Waals surface area contributed by atoms with Crippen LogP contribution in [0.25, 0.3) is 28.2 Å². The molecule has 0 saturated carbocycles. The van der Waals surface area contributed by atoms with E-state index in [-0.39, 0.29) is 11.7 Å². The largest absolute Gasteiger partial charge is 0.478 e. The first-order valence-electron chi connectivity index (χ1n) is 11.0. The van der Waals surface area contributed by atoms with Gasteiger partial charge >= 0.3 is 0 Å². The predicted octanol–water partition coefficient (Wildman–Crippen LogP) is 4.95. The third-order valence-electron chi connectivity index (χ3n) is 5.39. The SMILES string of the molecule is CCOc1cc(C(=O)Nc2cc(-c3c(-c4ccc(F)c(C)c4)nc4cccnn34)ccn2)ccn1. The number of nitrogens with one attached hydrogen (secondary N) is 1. The Hall–Kier alpha value is -4.66. The van der Waals surface area contributed by atoms with Crippen molar-refractivity contribution in [2.45, 2.75) is 13.8 Å². The average Bonchev–Trinajstić information content (AvgIpc) is 3.26. The molecule has 0 saturated heterocycles. The third kappa shape index (κ3) is 4.43. The highest BCUT2D eigenvalue weighted by atomic mass is 19.1. The summed E-state index contributed by atoms with van der Waals surface area (Å²) in [6.07, 6.45) is 4.79. The number of ether oxygens (including phenoxy) is 1. The van der Waals surface area contributed by atoms with Crippen molar-refractivity contribution in [1.29, 1.82) is 0 Å². The number of carbonyl (C=O) groups excluding carboxylic acids is 1. The Morgan fingerprint density at radius 3 is 2.71 bits per heavy atom. The lowest BCUT2D eigenvalue weighted by Gasteiger charge is -2.09. The molecule has 8 nitrogen and oxygen atoms in total. The van der Waals surface area contributed by atoms with Crippen LogP contribution in [-0.2, 0) is 0 Å². The Bertz CT molecular complexity index is 1550. The molecule has 0 radical (unpaired) electrons. The normalized spacial score (nSPS) is 10.9. The summed E-state index contributed by atoms with van der Waals surface area (Å²) >= 11 is 0. The molecule has 1 N–H and O–H groups in total. The van der Waals surface area contributed by atoms with Gasteiger partial charge in [0, 0.05) is 41.3 Å². The predicted molar refractivity (Wildman–Crippen MR) is 130 cm³/mol. The second-order valence-electron chi connectivity index (χ2n) is 7.77. The van der Waals surface area contributed by atoms with Gasteiger partial charge in [0.1, 0.15) is 17.3 Å². The first kappa shape index (κ1) is 22.1. The van der Waals surface area contributed by atoms with Crippen molar-refractivity contribution in [2.75, 3.05) is 11.9 Å². The first-order valence-corrected chi connectivity index (χ1v) is 11.0. The molecular weight excluding hydrogens is 447 g/mol. The minimum atomic E-state index is -0.344. The minimum Gasteiger partial charge on any atom is -0.478 e. The summed E-state index contributed by atoms with van der Waals surface area (Å²) in [6.45, 7) is 4.01. The summed E-state index contributed by atoms with van der Waals surface area (Å²) in [6, 6.07) is 15.3. The number of aryl methyl sites for hydroxylation is 1. The molecule has 0 bridgehead atoms. The number of pyridine rings is 2. The molecule has 0 aliphatic heterocycles. The standard InChI is InChI=1S/C26H21FN6O2/c1-3-35-23-15-19(9-12-29-23)26(34)31-21-14-18(8-11-28-21)25-24(17-6-7-20(27)16(2)13-17)32-22-5-4-10-30-33(22)25/h4-15H,3H2,1-2H3,(H,28,31,34). The van der Waals surface area contributed by atoms with Crippen LogP contribution in [0.1, 0.15) is 22.8 Å². The van der Waals surface area contributed by atoms with Crippen LogP contribution in [0.4, 0.5) is 10.2 Å². The maximum atomic E-state index is 13.9. The highest BCUT2D eigenvalue weighted by molar-refractivity contribution is 6.04. The molecule has 5 rings (SSSR count). The molecule has 4 aromatic heterocycles. The highest BCUT2D eigenvalue weighted by Crippen LogP contribution is 2.33. The molecule has 35 heavy (non-hydrogen) atoms. The Labute approximate surface area is 200 Å². The van der Waals surface area contributed by atoms with Crippen LogP contribution in [0.15, 0.2) is 73.2 Å². The number of benzene rings is 1. The van der Waals surface area contributed by atoms with Gasteiger partial charge in [-0.3, -0.25) is 4.79 Å². The number of imidazole rings is 1. The molecule has 9 heteroatoms. The topological polar surface area (TPSA) is 94.3 Å². The van der Waals surface area contributed by atoms with Gasteiger partial charge in [0.05, 0.1) is 12.3 Å². The van der Waals surface area contributed by atoms with E-state index < -0.39 is 0 Å². The quantitative estimate of drug-likeness (QED) is 0.379. The summed E-state index contributed by atoms with van der Waals surface area (Å²) in [7, 11) is 0. The van der Waals surface area contributed by atoms with Crippen LogP contribution in [0, 0.1) is 12.7 Å². The van der Waals surface area contributed by atoms with Crippen LogP contribution in [0.5, 0.6) is 5.88 Å². The Balaban J connectivity index is 1.54. The van der Waals surface area contributed by atoms with E-state index in [1.165, 1.54) is 12.3 Å². The fourth-order valence-corrected chi connectivity index (χ4v) is 3.75. The van der Waals surface area contributed by atoms with Gasteiger partial charge < -0.3 is 10.1 Å². The van der Waals surface area contributed by atoms with Crippen LogP contribution in [0.2, 0.25) is 0 Å². The van der Waals surface area contributed by atoms with Gasteiger partial charge in [-0.1, -0.05) is 0 Å². The lowest BCUT2D eigenvalue weighted by atomic mass is 10.0. The summed E-state index contributed by atoms with van der Waals surface area (Å²) in [5.74, 6) is 0.102. The molecule has 0 unspecified atom stereocenters. The molecule has 0 spiro atoms. The molecule has 4 heterocycles. The summed E-state index contributed by atoms with van der Waals surface area (Å²) in [5, 5.41) is 7.28. The lowest BCUT2D eigenvalue weighted by Crippen LogP contribution is -2.13. The molecule has 5 aromatic rings. The molecular formula is C26H21FN6O2. The number of amides is 1. The zero-order valence-electron chi connectivity index (χ0n) is 19.1. The summed E-state index contributed by atoms with van der Waals surface area (Å²) in [4.78, 5) is 26.0. The average molecular weight is 468 g/mol. The van der Waals surface area contributed by atoms with Crippen molar-refractivity contribution in [3.05, 3.63) is 90.1 Å². The second-order valence-corrected chi connectivity index (χ2v) is 7.77. The molecule has 1 amide bonds. The van der Waals surface area contributed by atoms with E-state index in [0.29, 0.717) is 46.5 Å². The zero-order valence-corrected chi connectivity index (χ0v) is 19.1. The van der Waals surface area contributed by atoms with E-state index in [2.05, 4.69) is 20.4 Å². The molecule has 0 atom stereocenters. The second kappa shape index (κ2) is 9.30. The fraction of sp³-hybridized carbons (Fsp3) is 0.115. The molecule has 174 valence electrons. The number of nitrogens with zero attached hydrogens (tertiary/aromatic N) is 5. The van der Waals surface area contributed by atoms with E-state index in [1.54, 1.807) is 60.2 Å². The Morgan fingerprint density at radius 1 is 1.03 bits per heavy atom. The summed E-state index contributed by atoms with van der Waals surface area (Å²) in [5.41, 5.74) is 4.40. The van der Waals surface area contributed by atoms with E-state index in [9.17, 15) is 9.18 Å². The number of halogens is 1. The number of rotatable bonds is 6. The number of carbonyl (C=O) groups is 1. The summed E-state index contributed by atoms with van der Waals surface area (Å²) < 4.78 is 21.0. The van der Waals surface area contributed by atoms with Crippen molar-refractivity contribution >= 4 is 17.4 Å². The maximum absolute atomic E-state index is 13.9. The van der Waals surface area contributed by atoms with Crippen molar-refractivity contribution in [1.82, 2.24) is 24.6 Å². The van der Waals surface area contributed by atoms with Crippen LogP contribution >= 0.6 is 0 Å². The van der Waals surface area contributed by atoms with Crippen LogP contribution in [-0.4, -0.2) is 37.1 Å². The lowest BCUT2D eigenvalue weighted by molar-refractivity contribution is 0.102. The van der Waals surface area contributed by atoms with Crippen LogP contribution < -0.4 is 10.1 Å². The van der Waals surface area contributed by atoms with E-state index in [0.717, 1.165) is 11.1 Å². The third-order valence-corrected chi connectivity index (χ3v) is 5.39. The van der Waals surface area contributed by atoms with Gasteiger partial charge in [0.15, 0.2) is 5.65 Å². The number of aromatic nitrogens is 5. The Morgan fingerprint density at radius 2 is 1.89 bits per heavy atom. The van der Waals surface area contributed by atoms with Crippen molar-refractivity contribution in [2.24, 2.45) is 0 Å². The van der Waals surface area contributed by atoms with Gasteiger partial charge in [-0.25, -0.2) is 23.9 Å². The number of hydrogen-bond acceptors (Lipinski definition) is 6. The zero-order chi connectivity index (χ0) is 24.4. The minimum absolute atomic E-state index is 0.283. The number of fused-ring (bicyclic) bond motifs is 1. The van der Waals surface area contributed by atoms with Crippen molar-refractivity contribution < 1.29 is 13.9 Å². The van der Waals surface area contributed by atoms with E-state index >= 15 is 0 Å². The van der Waals surface area contributed by atoms with E-state index in [4.69, 9.17) is 9.72 Å². The van der Waals surface area contributed by atoms with Gasteiger partial charge in [-0.2, -0.15) is 5.10 Å². The van der Waals surface area contributed by atoms with Crippen LogP contribution in [0.3, 0.4) is 0 Å². The number of anilines is 1. The molecule has 0 aliphatic rings. The van der Waals surface area contributed by atoms with Gasteiger partial charge in [0.25, 0.3) is 5.91 Å². The smallest absolute Gasteiger partial charge is 0.257 e. The first-order chi connectivity index (χ1) is 17.0. The number of hydrogen-bond donors (Lipinski definition) is 1. The van der Waals surface area contributed by atoms with Gasteiger partial charge in [-0.15, -0.1) is 0 Å².